The van der Waals surface area contributed by atoms with Crippen LogP contribution < -0.4 is 14.8 Å². The number of ether oxygens (including phenoxy) is 2. The van der Waals surface area contributed by atoms with Gasteiger partial charge in [-0.2, -0.15) is 5.10 Å². The smallest absolute Gasteiger partial charge is 0.272 e. The molecule has 0 bridgehead atoms. The van der Waals surface area contributed by atoms with Gasteiger partial charge in [0.1, 0.15) is 11.5 Å². The van der Waals surface area contributed by atoms with E-state index < -0.39 is 11.6 Å². The van der Waals surface area contributed by atoms with Crippen LogP contribution in [0.4, 0.5) is 8.78 Å². The zero-order chi connectivity index (χ0) is 24.4. The lowest BCUT2D eigenvalue weighted by Crippen LogP contribution is -2.24. The van der Waals surface area contributed by atoms with Gasteiger partial charge < -0.3 is 14.8 Å². The van der Waals surface area contributed by atoms with Crippen LogP contribution in [0.2, 0.25) is 0 Å². The molecule has 0 saturated heterocycles. The molecule has 7 nitrogen and oxygen atoms in total. The van der Waals surface area contributed by atoms with Gasteiger partial charge in [0.05, 0.1) is 12.8 Å². The average molecular weight is 476 g/mol. The minimum absolute atomic E-state index is 0.248. The van der Waals surface area contributed by atoms with Crippen LogP contribution in [0.5, 0.6) is 17.4 Å². The van der Waals surface area contributed by atoms with E-state index in [1.165, 1.54) is 10.7 Å². The second kappa shape index (κ2) is 9.54. The molecule has 0 aliphatic heterocycles. The van der Waals surface area contributed by atoms with Crippen molar-refractivity contribution >= 4 is 5.91 Å². The predicted octanol–water partition coefficient (Wildman–Crippen LogP) is 4.77. The van der Waals surface area contributed by atoms with E-state index in [2.05, 4.69) is 15.4 Å². The first-order chi connectivity index (χ1) is 17.0. The highest BCUT2D eigenvalue weighted by Gasteiger charge is 2.27. The van der Waals surface area contributed by atoms with Gasteiger partial charge in [-0.05, 0) is 49.1 Å². The number of carbonyl (C=O) groups is 1. The van der Waals surface area contributed by atoms with Crippen molar-refractivity contribution < 1.29 is 23.0 Å². The molecule has 0 spiro atoms. The van der Waals surface area contributed by atoms with Gasteiger partial charge in [0.15, 0.2) is 17.3 Å². The minimum Gasteiger partial charge on any atom is -0.497 e. The molecule has 2 aromatic heterocycles. The quantitative estimate of drug-likeness (QED) is 0.416. The third kappa shape index (κ3) is 4.70. The van der Waals surface area contributed by atoms with Crippen LogP contribution >= 0.6 is 0 Å². The Labute approximate surface area is 200 Å². The van der Waals surface area contributed by atoms with E-state index in [0.717, 1.165) is 35.4 Å². The third-order valence-corrected chi connectivity index (χ3v) is 5.81. The number of aromatic nitrogens is 3. The number of hydrogen-bond donors (Lipinski definition) is 1. The van der Waals surface area contributed by atoms with E-state index in [4.69, 9.17) is 9.47 Å². The highest BCUT2D eigenvalue weighted by Crippen LogP contribution is 2.28. The highest BCUT2D eigenvalue weighted by atomic mass is 19.2. The molecule has 1 N–H and O–H groups in total. The standard InChI is InChI=1S/C26H22F2N4O3/c1-34-18-4-2-5-19(13-18)35-24-11-8-16(14-29-24)15-30-26(33)25-20-6-3-7-23(20)32(31-25)17-9-10-21(27)22(28)12-17/h2,4-5,8-14H,3,6-7,15H2,1H3,(H,30,33). The number of pyridine rings is 1. The van der Waals surface area contributed by atoms with Crippen LogP contribution in [-0.4, -0.2) is 27.8 Å². The number of rotatable bonds is 7. The first-order valence-corrected chi connectivity index (χ1v) is 11.1. The Kier molecular flexibility index (Phi) is 6.13. The van der Waals surface area contributed by atoms with Crippen molar-refractivity contribution in [2.24, 2.45) is 0 Å². The Hall–Kier alpha value is -4.27. The molecule has 1 aliphatic carbocycles. The van der Waals surface area contributed by atoms with Crippen LogP contribution in [0.25, 0.3) is 5.69 Å². The molecular weight excluding hydrogens is 454 g/mol. The average Bonchev–Trinajstić information content (AvgIpc) is 3.48. The molecule has 1 aliphatic rings. The van der Waals surface area contributed by atoms with Crippen LogP contribution in [0.15, 0.2) is 60.8 Å². The molecule has 0 radical (unpaired) electrons. The number of hydrogen-bond acceptors (Lipinski definition) is 5. The molecule has 4 aromatic rings. The molecule has 35 heavy (non-hydrogen) atoms. The summed E-state index contributed by atoms with van der Waals surface area (Å²) in [6.45, 7) is 0.248. The fourth-order valence-electron chi connectivity index (χ4n) is 4.08. The molecule has 9 heteroatoms. The Morgan fingerprint density at radius 2 is 1.91 bits per heavy atom. The zero-order valence-electron chi connectivity index (χ0n) is 18.9. The van der Waals surface area contributed by atoms with E-state index in [9.17, 15) is 13.6 Å². The Morgan fingerprint density at radius 3 is 2.69 bits per heavy atom. The molecule has 0 fully saturated rings. The van der Waals surface area contributed by atoms with E-state index in [1.54, 1.807) is 31.5 Å². The monoisotopic (exact) mass is 476 g/mol. The lowest BCUT2D eigenvalue weighted by atomic mass is 10.2. The summed E-state index contributed by atoms with van der Waals surface area (Å²) in [7, 11) is 1.59. The van der Waals surface area contributed by atoms with Gasteiger partial charge in [-0.3, -0.25) is 4.79 Å². The number of methoxy groups -OCH3 is 1. The van der Waals surface area contributed by atoms with Crippen molar-refractivity contribution in [3.63, 3.8) is 0 Å². The normalized spacial score (nSPS) is 12.3. The summed E-state index contributed by atoms with van der Waals surface area (Å²) in [4.78, 5) is 17.2. The minimum atomic E-state index is -0.956. The van der Waals surface area contributed by atoms with Crippen molar-refractivity contribution in [1.82, 2.24) is 20.1 Å². The summed E-state index contributed by atoms with van der Waals surface area (Å²) < 4.78 is 39.6. The molecule has 178 valence electrons. The first-order valence-electron chi connectivity index (χ1n) is 11.1. The van der Waals surface area contributed by atoms with Gasteiger partial charge in [0, 0.05) is 42.2 Å². The Balaban J connectivity index is 1.27. The molecule has 5 rings (SSSR count). The summed E-state index contributed by atoms with van der Waals surface area (Å²) in [5.74, 6) is -0.521. The summed E-state index contributed by atoms with van der Waals surface area (Å²) in [5, 5.41) is 7.30. The Morgan fingerprint density at radius 1 is 1.06 bits per heavy atom. The maximum atomic E-state index is 13.8. The molecule has 1 amide bonds. The van der Waals surface area contributed by atoms with E-state index in [-0.39, 0.29) is 12.5 Å². The van der Waals surface area contributed by atoms with Crippen LogP contribution in [0.3, 0.4) is 0 Å². The lowest BCUT2D eigenvalue weighted by Gasteiger charge is -2.08. The number of carbonyl (C=O) groups excluding carboxylic acids is 1. The second-order valence-corrected chi connectivity index (χ2v) is 8.11. The third-order valence-electron chi connectivity index (χ3n) is 5.81. The second-order valence-electron chi connectivity index (χ2n) is 8.11. The van der Waals surface area contributed by atoms with Gasteiger partial charge in [-0.15, -0.1) is 0 Å². The number of fused-ring (bicyclic) bond motifs is 1. The maximum Gasteiger partial charge on any atom is 0.272 e. The van der Waals surface area contributed by atoms with Crippen molar-refractivity contribution in [1.29, 1.82) is 0 Å². The molecule has 0 saturated carbocycles. The lowest BCUT2D eigenvalue weighted by molar-refractivity contribution is 0.0944. The molecule has 0 atom stereocenters. The Bertz CT molecular complexity index is 1390. The van der Waals surface area contributed by atoms with Crippen molar-refractivity contribution in [2.45, 2.75) is 25.8 Å². The molecule has 2 aromatic carbocycles. The summed E-state index contributed by atoms with van der Waals surface area (Å²) in [6.07, 6.45) is 3.92. The van der Waals surface area contributed by atoms with Gasteiger partial charge in [0.2, 0.25) is 5.88 Å². The van der Waals surface area contributed by atoms with Gasteiger partial charge in [-0.25, -0.2) is 18.4 Å². The van der Waals surface area contributed by atoms with Crippen LogP contribution in [0, 0.1) is 11.6 Å². The van der Waals surface area contributed by atoms with Crippen molar-refractivity contribution in [3.8, 4) is 23.1 Å². The number of benzene rings is 2. The SMILES string of the molecule is COc1cccc(Oc2ccc(CNC(=O)c3nn(-c4ccc(F)c(F)c4)c4c3CCC4)cn2)c1. The maximum absolute atomic E-state index is 13.8. The van der Waals surface area contributed by atoms with Gasteiger partial charge in [-0.1, -0.05) is 12.1 Å². The number of nitrogens with zero attached hydrogens (tertiary/aromatic N) is 3. The summed E-state index contributed by atoms with van der Waals surface area (Å²) in [6, 6.07) is 14.3. The van der Waals surface area contributed by atoms with Crippen LogP contribution in [-0.2, 0) is 19.4 Å². The van der Waals surface area contributed by atoms with Crippen LogP contribution in [0.1, 0.15) is 33.7 Å². The van der Waals surface area contributed by atoms with Gasteiger partial charge in [0.25, 0.3) is 5.91 Å². The molecule has 0 unspecified atom stereocenters. The van der Waals surface area contributed by atoms with E-state index >= 15 is 0 Å². The number of nitrogens with one attached hydrogen (secondary N) is 1. The molecule has 2 heterocycles. The van der Waals surface area contributed by atoms with Gasteiger partial charge >= 0.3 is 0 Å². The number of amides is 1. The predicted molar refractivity (Wildman–Crippen MR) is 124 cm³/mol. The topological polar surface area (TPSA) is 78.3 Å². The first kappa shape index (κ1) is 22.5. The fraction of sp³-hybridized carbons (Fsp3) is 0.192. The van der Waals surface area contributed by atoms with E-state index in [1.807, 2.05) is 18.2 Å². The largest absolute Gasteiger partial charge is 0.497 e. The molecular formula is C26H22F2N4O3. The van der Waals surface area contributed by atoms with Crippen molar-refractivity contribution in [2.75, 3.05) is 7.11 Å². The summed E-state index contributed by atoms with van der Waals surface area (Å²) >= 11 is 0. The van der Waals surface area contributed by atoms with Crippen molar-refractivity contribution in [3.05, 3.63) is 94.9 Å². The number of halogens is 2. The fourth-order valence-corrected chi connectivity index (χ4v) is 4.08. The van der Waals surface area contributed by atoms with E-state index in [0.29, 0.717) is 41.6 Å². The highest BCUT2D eigenvalue weighted by molar-refractivity contribution is 5.94. The zero-order valence-corrected chi connectivity index (χ0v) is 18.9. The summed E-state index contributed by atoms with van der Waals surface area (Å²) in [5.41, 5.74) is 3.16.